The topological polar surface area (TPSA) is 59.6 Å². The fourth-order valence-electron chi connectivity index (χ4n) is 2.62. The van der Waals surface area contributed by atoms with Crippen LogP contribution in [0.15, 0.2) is 29.3 Å². The van der Waals surface area contributed by atoms with Gasteiger partial charge in [0.25, 0.3) is 0 Å². The van der Waals surface area contributed by atoms with E-state index in [1.165, 1.54) is 32.1 Å². The van der Waals surface area contributed by atoms with Gasteiger partial charge in [0.1, 0.15) is 5.75 Å². The van der Waals surface area contributed by atoms with E-state index in [4.69, 9.17) is 10.5 Å². The zero-order valence-corrected chi connectivity index (χ0v) is 15.9. The highest BCUT2D eigenvalue weighted by Gasteiger charge is 2.13. The van der Waals surface area contributed by atoms with Crippen LogP contribution < -0.4 is 15.8 Å². The quantitative estimate of drug-likeness (QED) is 0.435. The summed E-state index contributed by atoms with van der Waals surface area (Å²) < 4.78 is 5.62. The van der Waals surface area contributed by atoms with Crippen molar-refractivity contribution in [2.45, 2.75) is 64.6 Å². The lowest BCUT2D eigenvalue weighted by Gasteiger charge is -2.23. The van der Waals surface area contributed by atoms with Crippen molar-refractivity contribution in [3.05, 3.63) is 29.8 Å². The Balaban J connectivity index is 0.00000242. The average Bonchev–Trinajstić information content (AvgIpc) is 2.47. The van der Waals surface area contributed by atoms with Gasteiger partial charge in [-0.25, -0.2) is 4.99 Å². The molecule has 0 amide bonds. The number of aliphatic imine (C=N–C) groups is 1. The largest absolute Gasteiger partial charge is 0.491 e. The number of benzene rings is 1. The standard InChI is InChI=1S/C17H27N3O.HI/c1-13(2)21-16-10-8-14(9-11-16)12-19-17(18)20-15-6-4-3-5-7-15;/h8-11,13,15H,3-7,12H2,1-2H3,(H3,18,19,20);1H. The van der Waals surface area contributed by atoms with E-state index in [1.807, 2.05) is 38.1 Å². The summed E-state index contributed by atoms with van der Waals surface area (Å²) in [5.74, 6) is 1.45. The molecular weight excluding hydrogens is 389 g/mol. The summed E-state index contributed by atoms with van der Waals surface area (Å²) in [6.07, 6.45) is 6.55. The molecular formula is C17H28IN3O. The lowest BCUT2D eigenvalue weighted by molar-refractivity contribution is 0.242. The Morgan fingerprint density at radius 2 is 1.86 bits per heavy atom. The predicted molar refractivity (Wildman–Crippen MR) is 103 cm³/mol. The molecule has 5 heteroatoms. The van der Waals surface area contributed by atoms with E-state index in [0.29, 0.717) is 18.5 Å². The van der Waals surface area contributed by atoms with Gasteiger partial charge in [0.2, 0.25) is 0 Å². The maximum atomic E-state index is 5.96. The number of guanidine groups is 1. The van der Waals surface area contributed by atoms with Crippen LogP contribution in [0.3, 0.4) is 0 Å². The number of ether oxygens (including phenoxy) is 1. The summed E-state index contributed by atoms with van der Waals surface area (Å²) in [4.78, 5) is 4.42. The molecule has 0 spiro atoms. The Hall–Kier alpha value is -0.980. The van der Waals surface area contributed by atoms with Gasteiger partial charge in [-0.15, -0.1) is 24.0 Å². The fourth-order valence-corrected chi connectivity index (χ4v) is 2.62. The summed E-state index contributed by atoms with van der Waals surface area (Å²) in [6.45, 7) is 4.65. The first-order chi connectivity index (χ1) is 10.1. The van der Waals surface area contributed by atoms with Crippen molar-refractivity contribution >= 4 is 29.9 Å². The summed E-state index contributed by atoms with van der Waals surface area (Å²) in [7, 11) is 0. The van der Waals surface area contributed by atoms with Gasteiger partial charge in [-0.2, -0.15) is 0 Å². The van der Waals surface area contributed by atoms with E-state index < -0.39 is 0 Å². The molecule has 0 bridgehead atoms. The first-order valence-electron chi connectivity index (χ1n) is 7.95. The smallest absolute Gasteiger partial charge is 0.189 e. The van der Waals surface area contributed by atoms with Crippen LogP contribution in [0.2, 0.25) is 0 Å². The lowest BCUT2D eigenvalue weighted by atomic mass is 9.96. The fraction of sp³-hybridized carbons (Fsp3) is 0.588. The maximum absolute atomic E-state index is 5.96. The molecule has 1 aliphatic rings. The van der Waals surface area contributed by atoms with E-state index in [9.17, 15) is 0 Å². The van der Waals surface area contributed by atoms with E-state index in [2.05, 4.69) is 10.3 Å². The Bertz CT molecular complexity index is 453. The molecule has 2 rings (SSSR count). The van der Waals surface area contributed by atoms with Gasteiger partial charge < -0.3 is 15.8 Å². The van der Waals surface area contributed by atoms with Gasteiger partial charge in [-0.1, -0.05) is 31.4 Å². The number of halogens is 1. The molecule has 0 radical (unpaired) electrons. The molecule has 0 saturated heterocycles. The van der Waals surface area contributed by atoms with E-state index in [0.717, 1.165) is 11.3 Å². The number of rotatable bonds is 5. The van der Waals surface area contributed by atoms with Gasteiger partial charge in [-0.3, -0.25) is 0 Å². The number of nitrogens with zero attached hydrogens (tertiary/aromatic N) is 1. The zero-order valence-electron chi connectivity index (χ0n) is 13.5. The maximum Gasteiger partial charge on any atom is 0.189 e. The van der Waals surface area contributed by atoms with Crippen molar-refractivity contribution in [2.24, 2.45) is 10.7 Å². The molecule has 1 aromatic carbocycles. The minimum Gasteiger partial charge on any atom is -0.491 e. The summed E-state index contributed by atoms with van der Waals surface area (Å²) in [5.41, 5.74) is 7.10. The van der Waals surface area contributed by atoms with E-state index >= 15 is 0 Å². The lowest BCUT2D eigenvalue weighted by Crippen LogP contribution is -2.41. The van der Waals surface area contributed by atoms with Crippen LogP contribution in [0.1, 0.15) is 51.5 Å². The van der Waals surface area contributed by atoms with E-state index in [-0.39, 0.29) is 30.1 Å². The van der Waals surface area contributed by atoms with Crippen LogP contribution in [-0.2, 0) is 6.54 Å². The van der Waals surface area contributed by atoms with Gasteiger partial charge >= 0.3 is 0 Å². The second-order valence-corrected chi connectivity index (χ2v) is 5.99. The van der Waals surface area contributed by atoms with Crippen LogP contribution in [-0.4, -0.2) is 18.1 Å². The highest BCUT2D eigenvalue weighted by Crippen LogP contribution is 2.17. The molecule has 1 aromatic rings. The van der Waals surface area contributed by atoms with Crippen molar-refractivity contribution in [2.75, 3.05) is 0 Å². The summed E-state index contributed by atoms with van der Waals surface area (Å²) in [5, 5.41) is 3.33. The van der Waals surface area contributed by atoms with Crippen molar-refractivity contribution in [1.29, 1.82) is 0 Å². The first-order valence-corrected chi connectivity index (χ1v) is 7.95. The average molecular weight is 417 g/mol. The minimum absolute atomic E-state index is 0. The Kier molecular flexibility index (Phi) is 8.60. The second-order valence-electron chi connectivity index (χ2n) is 5.99. The van der Waals surface area contributed by atoms with Crippen molar-refractivity contribution in [1.82, 2.24) is 5.32 Å². The van der Waals surface area contributed by atoms with E-state index in [1.54, 1.807) is 0 Å². The molecule has 1 fully saturated rings. The molecule has 0 unspecified atom stereocenters. The molecule has 0 atom stereocenters. The number of nitrogens with one attached hydrogen (secondary N) is 1. The molecule has 22 heavy (non-hydrogen) atoms. The normalized spacial score (nSPS) is 16.2. The van der Waals surface area contributed by atoms with Crippen LogP contribution in [0.25, 0.3) is 0 Å². The molecule has 1 saturated carbocycles. The Morgan fingerprint density at radius 3 is 2.45 bits per heavy atom. The molecule has 1 aliphatic carbocycles. The summed E-state index contributed by atoms with van der Waals surface area (Å²) >= 11 is 0. The zero-order chi connectivity index (χ0) is 15.1. The summed E-state index contributed by atoms with van der Waals surface area (Å²) in [6, 6.07) is 8.54. The van der Waals surface area contributed by atoms with Crippen LogP contribution in [0.4, 0.5) is 0 Å². The first kappa shape index (κ1) is 19.1. The Labute approximate surface area is 150 Å². The highest BCUT2D eigenvalue weighted by atomic mass is 127. The van der Waals surface area contributed by atoms with Crippen LogP contribution >= 0.6 is 24.0 Å². The van der Waals surface area contributed by atoms with Crippen molar-refractivity contribution in [3.8, 4) is 5.75 Å². The Morgan fingerprint density at radius 1 is 1.23 bits per heavy atom. The minimum atomic E-state index is 0. The van der Waals surface area contributed by atoms with Gasteiger partial charge in [-0.05, 0) is 44.4 Å². The highest BCUT2D eigenvalue weighted by molar-refractivity contribution is 14.0. The number of hydrogen-bond donors (Lipinski definition) is 2. The molecule has 0 heterocycles. The number of hydrogen-bond acceptors (Lipinski definition) is 2. The van der Waals surface area contributed by atoms with Crippen LogP contribution in [0.5, 0.6) is 5.75 Å². The van der Waals surface area contributed by atoms with Gasteiger partial charge in [0.15, 0.2) is 5.96 Å². The molecule has 4 nitrogen and oxygen atoms in total. The number of nitrogens with two attached hydrogens (primary N) is 1. The third-order valence-electron chi connectivity index (χ3n) is 3.68. The van der Waals surface area contributed by atoms with Crippen molar-refractivity contribution in [3.63, 3.8) is 0 Å². The molecule has 0 aliphatic heterocycles. The molecule has 3 N–H and O–H groups in total. The predicted octanol–water partition coefficient (Wildman–Crippen LogP) is 3.83. The molecule has 124 valence electrons. The van der Waals surface area contributed by atoms with Gasteiger partial charge in [0.05, 0.1) is 12.6 Å². The molecule has 0 aromatic heterocycles. The monoisotopic (exact) mass is 417 g/mol. The third-order valence-corrected chi connectivity index (χ3v) is 3.68. The second kappa shape index (κ2) is 9.92. The SMILES string of the molecule is CC(C)Oc1ccc(CN=C(N)NC2CCCCC2)cc1.I. The van der Waals surface area contributed by atoms with Gasteiger partial charge in [0, 0.05) is 6.04 Å². The van der Waals surface area contributed by atoms with Crippen molar-refractivity contribution < 1.29 is 4.74 Å². The third kappa shape index (κ3) is 6.85. The van der Waals surface area contributed by atoms with Crippen LogP contribution in [0, 0.1) is 0 Å².